The van der Waals surface area contributed by atoms with Crippen molar-refractivity contribution in [2.75, 3.05) is 13.1 Å². The molecule has 0 radical (unpaired) electrons. The van der Waals surface area contributed by atoms with E-state index in [0.717, 1.165) is 43.1 Å². The lowest BCUT2D eigenvalue weighted by molar-refractivity contribution is 0.103. The van der Waals surface area contributed by atoms with Crippen molar-refractivity contribution in [2.24, 2.45) is 7.05 Å². The molecule has 2 aromatic rings. The van der Waals surface area contributed by atoms with Crippen molar-refractivity contribution >= 4 is 0 Å². The third kappa shape index (κ3) is 3.03. The zero-order valence-electron chi connectivity index (χ0n) is 12.4. The Balaban J connectivity index is 1.75. The molecule has 0 amide bonds. The molecule has 2 heterocycles. The van der Waals surface area contributed by atoms with E-state index in [9.17, 15) is 13.9 Å². The van der Waals surface area contributed by atoms with Crippen molar-refractivity contribution in [3.05, 3.63) is 53.4 Å². The van der Waals surface area contributed by atoms with E-state index in [1.54, 1.807) is 4.68 Å². The first kappa shape index (κ1) is 15.1. The summed E-state index contributed by atoms with van der Waals surface area (Å²) in [6.45, 7) is 1.10. The number of likely N-dealkylation sites (tertiary alicyclic amines) is 1. The van der Waals surface area contributed by atoms with Crippen LogP contribution in [-0.2, 0) is 7.05 Å². The van der Waals surface area contributed by atoms with Crippen molar-refractivity contribution in [3.63, 3.8) is 0 Å². The average Bonchev–Trinajstić information content (AvgIpc) is 3.10. The van der Waals surface area contributed by atoms with E-state index in [1.165, 1.54) is 0 Å². The lowest BCUT2D eigenvalue weighted by Crippen LogP contribution is -2.28. The standard InChI is InChI=1S/C16H19F2N3O/c1-20-9-11(8-19-20)15-3-2-6-21(15)10-16(22)13-7-12(17)4-5-14(13)18/h4-5,7-9,15-16,22H,2-3,6,10H2,1H3/t15-,16-/m0/s1. The summed E-state index contributed by atoms with van der Waals surface area (Å²) in [6.07, 6.45) is 4.71. The number of β-amino-alcohol motifs (C(OH)–C–C–N with tert-alkyl or cyclic N) is 1. The van der Waals surface area contributed by atoms with Crippen LogP contribution in [0.1, 0.15) is 36.1 Å². The van der Waals surface area contributed by atoms with Gasteiger partial charge in [0.1, 0.15) is 11.6 Å². The fourth-order valence-electron chi connectivity index (χ4n) is 3.12. The van der Waals surface area contributed by atoms with Gasteiger partial charge in [0.15, 0.2) is 0 Å². The van der Waals surface area contributed by atoms with E-state index < -0.39 is 17.7 Å². The van der Waals surface area contributed by atoms with Crippen LogP contribution in [0.25, 0.3) is 0 Å². The second-order valence-corrected chi connectivity index (χ2v) is 5.78. The number of hydrogen-bond donors (Lipinski definition) is 1. The quantitative estimate of drug-likeness (QED) is 0.944. The van der Waals surface area contributed by atoms with Crippen molar-refractivity contribution in [1.82, 2.24) is 14.7 Å². The molecule has 22 heavy (non-hydrogen) atoms. The van der Waals surface area contributed by atoms with Gasteiger partial charge in [-0.2, -0.15) is 5.10 Å². The molecule has 0 unspecified atom stereocenters. The van der Waals surface area contributed by atoms with Gasteiger partial charge in [-0.1, -0.05) is 0 Å². The molecule has 0 saturated carbocycles. The summed E-state index contributed by atoms with van der Waals surface area (Å²) < 4.78 is 28.8. The minimum Gasteiger partial charge on any atom is -0.387 e. The van der Waals surface area contributed by atoms with E-state index >= 15 is 0 Å². The topological polar surface area (TPSA) is 41.3 Å². The molecule has 1 N–H and O–H groups in total. The van der Waals surface area contributed by atoms with E-state index in [2.05, 4.69) is 10.00 Å². The Hall–Kier alpha value is -1.79. The van der Waals surface area contributed by atoms with Crippen LogP contribution in [0, 0.1) is 11.6 Å². The van der Waals surface area contributed by atoms with Crippen molar-refractivity contribution in [2.45, 2.75) is 25.0 Å². The molecule has 3 rings (SSSR count). The molecule has 0 aliphatic carbocycles. The van der Waals surface area contributed by atoms with Gasteiger partial charge in [-0.05, 0) is 37.6 Å². The normalized spacial score (nSPS) is 20.5. The number of aromatic nitrogens is 2. The van der Waals surface area contributed by atoms with E-state index in [1.807, 2.05) is 19.4 Å². The molecule has 1 saturated heterocycles. The van der Waals surface area contributed by atoms with E-state index in [-0.39, 0.29) is 18.2 Å². The molecule has 4 nitrogen and oxygen atoms in total. The van der Waals surface area contributed by atoms with Crippen LogP contribution in [0.4, 0.5) is 8.78 Å². The summed E-state index contributed by atoms with van der Waals surface area (Å²) in [5, 5.41) is 14.5. The lowest BCUT2D eigenvalue weighted by atomic mass is 10.1. The van der Waals surface area contributed by atoms with Gasteiger partial charge in [-0.15, -0.1) is 0 Å². The van der Waals surface area contributed by atoms with Gasteiger partial charge >= 0.3 is 0 Å². The second kappa shape index (κ2) is 6.14. The molecular formula is C16H19F2N3O. The molecule has 1 aromatic heterocycles. The highest BCUT2D eigenvalue weighted by Gasteiger charge is 2.29. The minimum atomic E-state index is -1.05. The Bertz CT molecular complexity index is 659. The molecule has 0 spiro atoms. The first-order valence-corrected chi connectivity index (χ1v) is 7.40. The highest BCUT2D eigenvalue weighted by molar-refractivity contribution is 5.22. The molecule has 0 bridgehead atoms. The first-order chi connectivity index (χ1) is 10.5. The Labute approximate surface area is 128 Å². The summed E-state index contributed by atoms with van der Waals surface area (Å²) in [4.78, 5) is 2.10. The molecule has 1 aromatic carbocycles. The first-order valence-electron chi connectivity index (χ1n) is 7.40. The van der Waals surface area contributed by atoms with Crippen LogP contribution in [0.2, 0.25) is 0 Å². The SMILES string of the molecule is Cn1cc([C@@H]2CCCN2C[C@H](O)c2cc(F)ccc2F)cn1. The Morgan fingerprint density at radius 3 is 2.95 bits per heavy atom. The molecule has 1 aliphatic heterocycles. The van der Waals surface area contributed by atoms with Crippen LogP contribution in [-0.4, -0.2) is 32.9 Å². The number of halogens is 2. The maximum atomic E-state index is 13.8. The number of aliphatic hydroxyl groups excluding tert-OH is 1. The fraction of sp³-hybridized carbons (Fsp3) is 0.438. The zero-order chi connectivity index (χ0) is 15.7. The van der Waals surface area contributed by atoms with Crippen LogP contribution >= 0.6 is 0 Å². The number of aliphatic hydroxyl groups is 1. The van der Waals surface area contributed by atoms with Crippen molar-refractivity contribution in [1.29, 1.82) is 0 Å². The zero-order valence-corrected chi connectivity index (χ0v) is 12.4. The highest BCUT2D eigenvalue weighted by atomic mass is 19.1. The summed E-state index contributed by atoms with van der Waals surface area (Å²) in [5.74, 6) is -1.12. The summed E-state index contributed by atoms with van der Waals surface area (Å²) in [7, 11) is 1.86. The van der Waals surface area contributed by atoms with Crippen LogP contribution in [0.3, 0.4) is 0 Å². The summed E-state index contributed by atoms with van der Waals surface area (Å²) in [6, 6.07) is 3.34. The smallest absolute Gasteiger partial charge is 0.129 e. The second-order valence-electron chi connectivity index (χ2n) is 5.78. The van der Waals surface area contributed by atoms with Crippen molar-refractivity contribution < 1.29 is 13.9 Å². The predicted octanol–water partition coefficient (Wildman–Crippen LogP) is 2.57. The Morgan fingerprint density at radius 2 is 2.23 bits per heavy atom. The van der Waals surface area contributed by atoms with Gasteiger partial charge in [0.2, 0.25) is 0 Å². The predicted molar refractivity (Wildman–Crippen MR) is 78.1 cm³/mol. The monoisotopic (exact) mass is 307 g/mol. The molecule has 1 aliphatic rings. The number of aryl methyl sites for hydroxylation is 1. The summed E-state index contributed by atoms with van der Waals surface area (Å²) >= 11 is 0. The van der Waals surface area contributed by atoms with Gasteiger partial charge < -0.3 is 5.11 Å². The van der Waals surface area contributed by atoms with Crippen molar-refractivity contribution in [3.8, 4) is 0 Å². The van der Waals surface area contributed by atoms with Gasteiger partial charge in [0.05, 0.1) is 12.3 Å². The van der Waals surface area contributed by atoms with Crippen LogP contribution in [0.5, 0.6) is 0 Å². The molecule has 2 atom stereocenters. The van der Waals surface area contributed by atoms with Gasteiger partial charge in [-0.25, -0.2) is 8.78 Å². The maximum Gasteiger partial charge on any atom is 0.129 e. The van der Waals surface area contributed by atoms with Gasteiger partial charge in [0.25, 0.3) is 0 Å². The highest BCUT2D eigenvalue weighted by Crippen LogP contribution is 2.33. The molecular weight excluding hydrogens is 288 g/mol. The maximum absolute atomic E-state index is 13.8. The third-order valence-corrected chi connectivity index (χ3v) is 4.20. The third-order valence-electron chi connectivity index (χ3n) is 4.20. The molecule has 6 heteroatoms. The lowest BCUT2D eigenvalue weighted by Gasteiger charge is -2.26. The minimum absolute atomic E-state index is 0.0110. The van der Waals surface area contributed by atoms with E-state index in [0.29, 0.717) is 0 Å². The van der Waals surface area contributed by atoms with Crippen LogP contribution in [0.15, 0.2) is 30.6 Å². The van der Waals surface area contributed by atoms with E-state index in [4.69, 9.17) is 0 Å². The fourth-order valence-corrected chi connectivity index (χ4v) is 3.12. The van der Waals surface area contributed by atoms with Gasteiger partial charge in [-0.3, -0.25) is 9.58 Å². The number of benzene rings is 1. The number of hydrogen-bond acceptors (Lipinski definition) is 3. The molecule has 118 valence electrons. The Kier molecular flexibility index (Phi) is 4.22. The number of rotatable bonds is 4. The number of nitrogens with zero attached hydrogens (tertiary/aromatic N) is 3. The Morgan fingerprint density at radius 1 is 1.41 bits per heavy atom. The van der Waals surface area contributed by atoms with Crippen LogP contribution < -0.4 is 0 Å². The average molecular weight is 307 g/mol. The van der Waals surface area contributed by atoms with Gasteiger partial charge in [0, 0.05) is 37.0 Å². The largest absolute Gasteiger partial charge is 0.387 e. The summed E-state index contributed by atoms with van der Waals surface area (Å²) in [5.41, 5.74) is 1.10. The molecule has 1 fully saturated rings.